The highest BCUT2D eigenvalue weighted by Gasteiger charge is 2.23. The molecule has 2 saturated heterocycles. The molecule has 4 nitrogen and oxygen atoms in total. The molecule has 20 heavy (non-hydrogen) atoms. The number of piperidine rings is 1. The molecule has 0 bridgehead atoms. The number of carbonyl (C=O) groups is 1. The zero-order valence-electron chi connectivity index (χ0n) is 11.8. The van der Waals surface area contributed by atoms with Gasteiger partial charge in [0.2, 0.25) is 0 Å². The molecule has 2 aliphatic heterocycles. The van der Waals surface area contributed by atoms with Crippen molar-refractivity contribution in [2.45, 2.75) is 38.2 Å². The van der Waals surface area contributed by atoms with Crippen LogP contribution < -0.4 is 10.2 Å². The molecule has 2 heterocycles. The second kappa shape index (κ2) is 6.27. The minimum atomic E-state index is -0.267. The van der Waals surface area contributed by atoms with Gasteiger partial charge in [-0.25, -0.2) is 0 Å². The standard InChI is InChI=1S/C16H22N2O2/c19-16(15-5-4-12-20-15)17-13-6-8-14(9-7-13)18-10-2-1-3-11-18/h6-9,15H,1-5,10-12H2,(H,17,19). The molecule has 1 N–H and O–H groups in total. The Hall–Kier alpha value is -1.55. The van der Waals surface area contributed by atoms with Crippen molar-refractivity contribution in [1.82, 2.24) is 0 Å². The van der Waals surface area contributed by atoms with Crippen molar-refractivity contribution in [3.8, 4) is 0 Å². The fraction of sp³-hybridized carbons (Fsp3) is 0.562. The number of nitrogens with one attached hydrogen (secondary N) is 1. The summed E-state index contributed by atoms with van der Waals surface area (Å²) in [6.45, 7) is 2.98. The molecule has 1 atom stereocenters. The van der Waals surface area contributed by atoms with Gasteiger partial charge in [-0.2, -0.15) is 0 Å². The number of nitrogens with zero attached hydrogens (tertiary/aromatic N) is 1. The van der Waals surface area contributed by atoms with Crippen molar-refractivity contribution in [3.63, 3.8) is 0 Å². The summed E-state index contributed by atoms with van der Waals surface area (Å²) in [5.41, 5.74) is 2.10. The van der Waals surface area contributed by atoms with Crippen molar-refractivity contribution >= 4 is 17.3 Å². The van der Waals surface area contributed by atoms with Gasteiger partial charge in [-0.1, -0.05) is 0 Å². The maximum atomic E-state index is 12.0. The van der Waals surface area contributed by atoms with Gasteiger partial charge < -0.3 is 15.0 Å². The number of rotatable bonds is 3. The summed E-state index contributed by atoms with van der Waals surface area (Å²) in [6, 6.07) is 8.15. The Bertz CT molecular complexity index is 446. The molecule has 1 amide bonds. The van der Waals surface area contributed by atoms with Gasteiger partial charge in [0, 0.05) is 31.1 Å². The summed E-state index contributed by atoms with van der Waals surface area (Å²) in [7, 11) is 0. The molecule has 1 unspecified atom stereocenters. The molecule has 0 radical (unpaired) electrons. The molecular weight excluding hydrogens is 252 g/mol. The van der Waals surface area contributed by atoms with Crippen LogP contribution in [-0.4, -0.2) is 31.7 Å². The normalized spacial score (nSPS) is 22.8. The van der Waals surface area contributed by atoms with Crippen LogP contribution in [0.25, 0.3) is 0 Å². The number of amides is 1. The van der Waals surface area contributed by atoms with Crippen LogP contribution in [-0.2, 0) is 9.53 Å². The summed E-state index contributed by atoms with van der Waals surface area (Å²) < 4.78 is 5.39. The number of anilines is 2. The fourth-order valence-electron chi connectivity index (χ4n) is 2.91. The minimum absolute atomic E-state index is 0.0202. The van der Waals surface area contributed by atoms with Crippen LogP contribution in [0.4, 0.5) is 11.4 Å². The Balaban J connectivity index is 1.59. The van der Waals surface area contributed by atoms with Crippen molar-refractivity contribution in [2.75, 3.05) is 29.9 Å². The molecule has 1 aromatic rings. The SMILES string of the molecule is O=C(Nc1ccc(N2CCCCC2)cc1)C1CCCO1. The molecule has 4 heteroatoms. The third kappa shape index (κ3) is 3.12. The average molecular weight is 274 g/mol. The monoisotopic (exact) mass is 274 g/mol. The molecular formula is C16H22N2O2. The molecule has 2 aliphatic rings. The predicted molar refractivity (Wildman–Crippen MR) is 80.1 cm³/mol. The topological polar surface area (TPSA) is 41.6 Å². The van der Waals surface area contributed by atoms with E-state index in [-0.39, 0.29) is 12.0 Å². The zero-order valence-corrected chi connectivity index (χ0v) is 11.8. The molecule has 0 spiro atoms. The smallest absolute Gasteiger partial charge is 0.253 e. The highest BCUT2D eigenvalue weighted by atomic mass is 16.5. The van der Waals surface area contributed by atoms with Crippen LogP contribution in [0.5, 0.6) is 0 Å². The molecule has 0 aromatic heterocycles. The molecule has 3 rings (SSSR count). The van der Waals surface area contributed by atoms with Crippen LogP contribution >= 0.6 is 0 Å². The van der Waals surface area contributed by atoms with Crippen molar-refractivity contribution in [3.05, 3.63) is 24.3 Å². The van der Waals surface area contributed by atoms with Gasteiger partial charge in [0.25, 0.3) is 5.91 Å². The Morgan fingerprint density at radius 1 is 1.10 bits per heavy atom. The van der Waals surface area contributed by atoms with E-state index < -0.39 is 0 Å². The highest BCUT2D eigenvalue weighted by molar-refractivity contribution is 5.94. The second-order valence-corrected chi connectivity index (χ2v) is 5.59. The summed E-state index contributed by atoms with van der Waals surface area (Å²) in [6.07, 6.45) is 5.43. The number of carbonyl (C=O) groups excluding carboxylic acids is 1. The van der Waals surface area contributed by atoms with Crippen molar-refractivity contribution in [1.29, 1.82) is 0 Å². The Labute approximate surface area is 120 Å². The van der Waals surface area contributed by atoms with Gasteiger partial charge in [-0.3, -0.25) is 4.79 Å². The fourth-order valence-corrected chi connectivity index (χ4v) is 2.91. The van der Waals surface area contributed by atoms with Crippen LogP contribution in [0.2, 0.25) is 0 Å². The van der Waals surface area contributed by atoms with E-state index in [1.54, 1.807) is 0 Å². The lowest BCUT2D eigenvalue weighted by atomic mass is 10.1. The number of hydrogen-bond donors (Lipinski definition) is 1. The molecule has 0 aliphatic carbocycles. The summed E-state index contributed by atoms with van der Waals surface area (Å²) >= 11 is 0. The van der Waals surface area contributed by atoms with Crippen LogP contribution in [0.1, 0.15) is 32.1 Å². The summed E-state index contributed by atoms with van der Waals surface area (Å²) in [5, 5.41) is 2.93. The Morgan fingerprint density at radius 3 is 2.50 bits per heavy atom. The van der Waals surface area contributed by atoms with E-state index in [1.807, 2.05) is 12.1 Å². The minimum Gasteiger partial charge on any atom is -0.372 e. The lowest BCUT2D eigenvalue weighted by Gasteiger charge is -2.28. The van der Waals surface area contributed by atoms with Crippen LogP contribution in [0.3, 0.4) is 0 Å². The van der Waals surface area contributed by atoms with E-state index in [9.17, 15) is 4.79 Å². The largest absolute Gasteiger partial charge is 0.372 e. The van der Waals surface area contributed by atoms with E-state index in [2.05, 4.69) is 22.3 Å². The van der Waals surface area contributed by atoms with Crippen LogP contribution in [0.15, 0.2) is 24.3 Å². The third-order valence-corrected chi connectivity index (χ3v) is 4.08. The molecule has 108 valence electrons. The van der Waals surface area contributed by atoms with Gasteiger partial charge in [-0.15, -0.1) is 0 Å². The molecule has 0 saturated carbocycles. The molecule has 2 fully saturated rings. The third-order valence-electron chi connectivity index (χ3n) is 4.08. The number of benzene rings is 1. The Kier molecular flexibility index (Phi) is 4.21. The van der Waals surface area contributed by atoms with E-state index >= 15 is 0 Å². The number of ether oxygens (including phenoxy) is 1. The summed E-state index contributed by atoms with van der Waals surface area (Å²) in [4.78, 5) is 14.4. The zero-order chi connectivity index (χ0) is 13.8. The predicted octanol–water partition coefficient (Wildman–Crippen LogP) is 2.79. The molecule has 1 aromatic carbocycles. The van der Waals surface area contributed by atoms with Crippen molar-refractivity contribution in [2.24, 2.45) is 0 Å². The lowest BCUT2D eigenvalue weighted by molar-refractivity contribution is -0.124. The first-order chi connectivity index (χ1) is 9.83. The summed E-state index contributed by atoms with van der Waals surface area (Å²) in [5.74, 6) is -0.0202. The van der Waals surface area contributed by atoms with Gasteiger partial charge >= 0.3 is 0 Å². The number of hydrogen-bond acceptors (Lipinski definition) is 3. The van der Waals surface area contributed by atoms with Gasteiger partial charge in [0.1, 0.15) is 6.10 Å². The second-order valence-electron chi connectivity index (χ2n) is 5.59. The van der Waals surface area contributed by atoms with Gasteiger partial charge in [0.05, 0.1) is 0 Å². The first-order valence-corrected chi connectivity index (χ1v) is 7.60. The lowest BCUT2D eigenvalue weighted by Crippen LogP contribution is -2.29. The first-order valence-electron chi connectivity index (χ1n) is 7.60. The first kappa shape index (κ1) is 13.4. The van der Waals surface area contributed by atoms with Gasteiger partial charge in [0.15, 0.2) is 0 Å². The highest BCUT2D eigenvalue weighted by Crippen LogP contribution is 2.22. The van der Waals surface area contributed by atoms with E-state index in [0.29, 0.717) is 6.61 Å². The quantitative estimate of drug-likeness (QED) is 0.921. The maximum Gasteiger partial charge on any atom is 0.253 e. The van der Waals surface area contributed by atoms with E-state index in [1.165, 1.54) is 24.9 Å². The maximum absolute atomic E-state index is 12.0. The van der Waals surface area contributed by atoms with E-state index in [0.717, 1.165) is 31.6 Å². The van der Waals surface area contributed by atoms with Crippen LogP contribution in [0, 0.1) is 0 Å². The average Bonchev–Trinajstić information content (AvgIpc) is 3.03. The van der Waals surface area contributed by atoms with E-state index in [4.69, 9.17) is 4.74 Å². The van der Waals surface area contributed by atoms with Gasteiger partial charge in [-0.05, 0) is 56.4 Å². The van der Waals surface area contributed by atoms with Crippen molar-refractivity contribution < 1.29 is 9.53 Å². The Morgan fingerprint density at radius 2 is 1.85 bits per heavy atom.